The molecule has 1 saturated heterocycles. The van der Waals surface area contributed by atoms with Crippen LogP contribution in [-0.2, 0) is 25.6 Å². The second-order valence-corrected chi connectivity index (χ2v) is 8.54. The van der Waals surface area contributed by atoms with Gasteiger partial charge in [-0.05, 0) is 43.5 Å². The number of hydrogen-bond donors (Lipinski definition) is 3. The molecule has 1 aliphatic heterocycles. The number of benzene rings is 1. The molecule has 192 valence electrons. The van der Waals surface area contributed by atoms with Crippen LogP contribution < -0.4 is 4.74 Å². The summed E-state index contributed by atoms with van der Waals surface area (Å²) in [6, 6.07) is 7.37. The molecule has 0 unspecified atom stereocenters. The Morgan fingerprint density at radius 1 is 1.09 bits per heavy atom. The maximum absolute atomic E-state index is 12.2. The molecule has 3 atom stereocenters. The number of carboxylic acid groups (broad SMARTS) is 1. The predicted octanol–water partition coefficient (Wildman–Crippen LogP) is 0.738. The first kappa shape index (κ1) is 28.0. The number of carbonyl (C=O) groups excluding carboxylic acids is 1. The van der Waals surface area contributed by atoms with E-state index in [2.05, 4.69) is 4.90 Å². The van der Waals surface area contributed by atoms with Crippen LogP contribution in [0.1, 0.15) is 31.7 Å². The van der Waals surface area contributed by atoms with Crippen molar-refractivity contribution in [2.45, 2.75) is 51.0 Å². The summed E-state index contributed by atoms with van der Waals surface area (Å²) in [7, 11) is 1.45. The summed E-state index contributed by atoms with van der Waals surface area (Å²) in [5.41, 5.74) is 1.07. The van der Waals surface area contributed by atoms with E-state index in [1.807, 2.05) is 12.1 Å². The number of aliphatic hydroxyl groups is 2. The first-order chi connectivity index (χ1) is 16.3. The molecular weight excluding hydrogens is 444 g/mol. The fourth-order valence-corrected chi connectivity index (χ4v) is 3.86. The second-order valence-electron chi connectivity index (χ2n) is 8.54. The van der Waals surface area contributed by atoms with Crippen molar-refractivity contribution in [1.29, 1.82) is 0 Å². The molecule has 1 aromatic carbocycles. The summed E-state index contributed by atoms with van der Waals surface area (Å²) < 4.78 is 16.1. The van der Waals surface area contributed by atoms with Gasteiger partial charge in [-0.25, -0.2) is 4.79 Å². The Kier molecular flexibility index (Phi) is 12.3. The highest BCUT2D eigenvalue weighted by Crippen LogP contribution is 2.15. The Labute approximate surface area is 201 Å². The van der Waals surface area contributed by atoms with Crippen LogP contribution >= 0.6 is 0 Å². The molecule has 0 aliphatic carbocycles. The van der Waals surface area contributed by atoms with Crippen molar-refractivity contribution in [1.82, 2.24) is 9.80 Å². The zero-order chi connectivity index (χ0) is 24.9. The summed E-state index contributed by atoms with van der Waals surface area (Å²) in [6.07, 6.45) is -0.515. The highest BCUT2D eigenvalue weighted by Gasteiger charge is 2.29. The van der Waals surface area contributed by atoms with E-state index in [0.717, 1.165) is 37.9 Å². The molecule has 34 heavy (non-hydrogen) atoms. The Balaban J connectivity index is 2.02. The van der Waals surface area contributed by atoms with Crippen LogP contribution in [0.2, 0.25) is 0 Å². The maximum Gasteiger partial charge on any atom is 0.341 e. The summed E-state index contributed by atoms with van der Waals surface area (Å²) in [5.74, 6) is -0.627. The minimum absolute atomic E-state index is 0.00110. The van der Waals surface area contributed by atoms with Crippen molar-refractivity contribution < 1.29 is 39.1 Å². The smallest absolute Gasteiger partial charge is 0.341 e. The van der Waals surface area contributed by atoms with Gasteiger partial charge in [0.25, 0.3) is 0 Å². The molecular formula is C24H38N2O8. The number of carbonyl (C=O) groups is 2. The number of amides is 1. The standard InChI is InChI=1S/C24H38N2O8/c1-18(27)26-12-5-11-25(14-19-6-8-20(9-7-19)34-17-23(29)30)10-3-4-13-33-16-21(28)24(31)22(15-26)32-2/h6-9,21-22,24,28,31H,3-5,10-17H2,1-2H3,(H,29,30)/t21-,22-,24-/m0/s1. The van der Waals surface area contributed by atoms with E-state index in [1.165, 1.54) is 14.0 Å². The summed E-state index contributed by atoms with van der Waals surface area (Å²) >= 11 is 0. The Bertz CT molecular complexity index is 745. The molecule has 0 spiro atoms. The largest absolute Gasteiger partial charge is 0.482 e. The van der Waals surface area contributed by atoms with Gasteiger partial charge in [0.2, 0.25) is 5.91 Å². The lowest BCUT2D eigenvalue weighted by Crippen LogP contribution is -2.48. The van der Waals surface area contributed by atoms with Gasteiger partial charge in [0.15, 0.2) is 6.61 Å². The number of aliphatic hydroxyl groups excluding tert-OH is 2. The van der Waals surface area contributed by atoms with E-state index >= 15 is 0 Å². The van der Waals surface area contributed by atoms with Crippen molar-refractivity contribution in [2.24, 2.45) is 0 Å². The molecule has 1 fully saturated rings. The minimum atomic E-state index is -1.16. The number of carboxylic acids is 1. The molecule has 0 aromatic heterocycles. The summed E-state index contributed by atoms with van der Waals surface area (Å²) in [6.45, 7) is 4.59. The molecule has 0 saturated carbocycles. The summed E-state index contributed by atoms with van der Waals surface area (Å²) in [5, 5.41) is 29.4. The second kappa shape index (κ2) is 14.9. The molecule has 1 aromatic rings. The quantitative estimate of drug-likeness (QED) is 0.538. The zero-order valence-corrected chi connectivity index (χ0v) is 20.1. The fourth-order valence-electron chi connectivity index (χ4n) is 3.86. The van der Waals surface area contributed by atoms with E-state index in [0.29, 0.717) is 25.4 Å². The monoisotopic (exact) mass is 482 g/mol. The molecule has 10 nitrogen and oxygen atoms in total. The molecule has 3 N–H and O–H groups in total. The van der Waals surface area contributed by atoms with Crippen LogP contribution in [0.3, 0.4) is 0 Å². The van der Waals surface area contributed by atoms with Gasteiger partial charge in [-0.3, -0.25) is 9.69 Å². The molecule has 1 aliphatic rings. The topological polar surface area (TPSA) is 129 Å². The normalized spacial score (nSPS) is 24.1. The highest BCUT2D eigenvalue weighted by atomic mass is 16.5. The first-order valence-electron chi connectivity index (χ1n) is 11.7. The predicted molar refractivity (Wildman–Crippen MR) is 125 cm³/mol. The SMILES string of the molecule is CO[C@H]1CN(C(C)=O)CCCN(Cc2ccc(OCC(=O)O)cc2)CCCCOC[C@H](O)[C@@H]1O. The average molecular weight is 483 g/mol. The Morgan fingerprint density at radius 2 is 1.79 bits per heavy atom. The molecule has 10 heteroatoms. The van der Waals surface area contributed by atoms with Crippen molar-refractivity contribution in [3.8, 4) is 5.75 Å². The maximum atomic E-state index is 12.2. The van der Waals surface area contributed by atoms with Crippen LogP contribution in [0.4, 0.5) is 0 Å². The van der Waals surface area contributed by atoms with E-state index in [9.17, 15) is 19.8 Å². The molecule has 0 bridgehead atoms. The van der Waals surface area contributed by atoms with Gasteiger partial charge < -0.3 is 34.4 Å². The van der Waals surface area contributed by atoms with Gasteiger partial charge in [0.1, 0.15) is 24.1 Å². The lowest BCUT2D eigenvalue weighted by atomic mass is 10.1. The lowest BCUT2D eigenvalue weighted by Gasteiger charge is -2.31. The fraction of sp³-hybridized carbons (Fsp3) is 0.667. The number of methoxy groups -OCH3 is 1. The number of rotatable bonds is 6. The van der Waals surface area contributed by atoms with Crippen LogP contribution in [0.15, 0.2) is 24.3 Å². The number of ether oxygens (including phenoxy) is 3. The highest BCUT2D eigenvalue weighted by molar-refractivity contribution is 5.73. The third kappa shape index (κ3) is 9.94. The number of aliphatic carboxylic acids is 1. The Hall–Kier alpha value is -2.24. The lowest BCUT2D eigenvalue weighted by molar-refractivity contribution is -0.139. The van der Waals surface area contributed by atoms with E-state index in [1.54, 1.807) is 17.0 Å². The first-order valence-corrected chi connectivity index (χ1v) is 11.7. The van der Waals surface area contributed by atoms with Crippen LogP contribution in [0.25, 0.3) is 0 Å². The van der Waals surface area contributed by atoms with E-state index in [4.69, 9.17) is 19.3 Å². The van der Waals surface area contributed by atoms with Crippen LogP contribution in [-0.4, -0.2) is 108 Å². The van der Waals surface area contributed by atoms with Crippen LogP contribution in [0.5, 0.6) is 5.75 Å². The van der Waals surface area contributed by atoms with Gasteiger partial charge in [-0.2, -0.15) is 0 Å². The van der Waals surface area contributed by atoms with Crippen molar-refractivity contribution in [2.75, 3.05) is 53.1 Å². The molecule has 1 amide bonds. The van der Waals surface area contributed by atoms with Gasteiger partial charge in [-0.15, -0.1) is 0 Å². The number of nitrogens with zero attached hydrogens (tertiary/aromatic N) is 2. The van der Waals surface area contributed by atoms with Crippen molar-refractivity contribution in [3.63, 3.8) is 0 Å². The van der Waals surface area contributed by atoms with Gasteiger partial charge in [0, 0.05) is 46.8 Å². The third-order valence-electron chi connectivity index (χ3n) is 5.82. The molecule has 0 radical (unpaired) electrons. The number of hydrogen-bond acceptors (Lipinski definition) is 8. The summed E-state index contributed by atoms with van der Waals surface area (Å²) in [4.78, 5) is 26.8. The molecule has 1 heterocycles. The van der Waals surface area contributed by atoms with Gasteiger partial charge >= 0.3 is 5.97 Å². The van der Waals surface area contributed by atoms with Gasteiger partial charge in [0.05, 0.1) is 6.61 Å². The van der Waals surface area contributed by atoms with Crippen LogP contribution in [0, 0.1) is 0 Å². The Morgan fingerprint density at radius 3 is 2.44 bits per heavy atom. The van der Waals surface area contributed by atoms with Crippen molar-refractivity contribution >= 4 is 11.9 Å². The zero-order valence-electron chi connectivity index (χ0n) is 20.1. The van der Waals surface area contributed by atoms with E-state index < -0.39 is 24.3 Å². The third-order valence-corrected chi connectivity index (χ3v) is 5.82. The average Bonchev–Trinajstić information content (AvgIpc) is 2.81. The minimum Gasteiger partial charge on any atom is -0.482 e. The van der Waals surface area contributed by atoms with Crippen molar-refractivity contribution in [3.05, 3.63) is 29.8 Å². The van der Waals surface area contributed by atoms with Gasteiger partial charge in [-0.1, -0.05) is 12.1 Å². The molecule has 2 rings (SSSR count). The van der Waals surface area contributed by atoms with E-state index in [-0.39, 0.29) is 25.7 Å².